The van der Waals surface area contributed by atoms with E-state index in [-0.39, 0.29) is 37.3 Å². The average Bonchev–Trinajstić information content (AvgIpc) is 2.42. The molecule has 0 aromatic rings. The summed E-state index contributed by atoms with van der Waals surface area (Å²) in [4.78, 5) is 34.3. The van der Waals surface area contributed by atoms with E-state index >= 15 is 0 Å². The molecule has 0 aromatic carbocycles. The number of carbonyl (C=O) groups excluding carboxylic acids is 2. The Hall–Kier alpha value is -1.89. The maximum Gasteiger partial charge on any atom is 0.334 e. The molecular weight excluding hydrogens is 290 g/mol. The Balaban J connectivity index is 2.00. The molecule has 3 unspecified atom stereocenters. The number of ether oxygens (including phenoxy) is 1. The van der Waals surface area contributed by atoms with Gasteiger partial charge in [0.2, 0.25) is 5.91 Å². The van der Waals surface area contributed by atoms with Crippen molar-refractivity contribution in [3.05, 3.63) is 11.1 Å². The number of esters is 1. The number of hydrogen-bond acceptors (Lipinski definition) is 5. The van der Waals surface area contributed by atoms with Crippen LogP contribution in [0.15, 0.2) is 11.1 Å². The predicted molar refractivity (Wildman–Crippen MR) is 75.8 cm³/mol. The second-order valence-electron chi connectivity index (χ2n) is 5.85. The van der Waals surface area contributed by atoms with E-state index < -0.39 is 18.0 Å². The molecule has 7 heteroatoms. The van der Waals surface area contributed by atoms with Gasteiger partial charge in [-0.2, -0.15) is 0 Å². The van der Waals surface area contributed by atoms with Gasteiger partial charge in [-0.25, -0.2) is 4.79 Å². The third-order valence-corrected chi connectivity index (χ3v) is 4.30. The molecule has 122 valence electrons. The maximum absolute atomic E-state index is 12.0. The average molecular weight is 311 g/mol. The number of carboxylic acids is 1. The van der Waals surface area contributed by atoms with Gasteiger partial charge in [-0.3, -0.25) is 9.59 Å². The van der Waals surface area contributed by atoms with Crippen molar-refractivity contribution in [2.75, 3.05) is 6.54 Å². The van der Waals surface area contributed by atoms with Gasteiger partial charge >= 0.3 is 11.9 Å². The SMILES string of the molecule is CC1=C(CC(=O)NCCC(=O)O)C(=O)OC2CC(O)CCC12. The smallest absolute Gasteiger partial charge is 0.334 e. The number of nitrogens with one attached hydrogen (secondary N) is 1. The summed E-state index contributed by atoms with van der Waals surface area (Å²) in [6.07, 6.45) is 0.819. The first kappa shape index (κ1) is 16.5. The second-order valence-corrected chi connectivity index (χ2v) is 5.85. The van der Waals surface area contributed by atoms with Crippen molar-refractivity contribution in [2.45, 2.75) is 51.2 Å². The van der Waals surface area contributed by atoms with Crippen LogP contribution in [0, 0.1) is 5.92 Å². The molecule has 7 nitrogen and oxygen atoms in total. The summed E-state index contributed by atoms with van der Waals surface area (Å²) in [5, 5.41) is 20.7. The van der Waals surface area contributed by atoms with E-state index in [4.69, 9.17) is 9.84 Å². The zero-order valence-electron chi connectivity index (χ0n) is 12.5. The van der Waals surface area contributed by atoms with Crippen molar-refractivity contribution in [3.63, 3.8) is 0 Å². The summed E-state index contributed by atoms with van der Waals surface area (Å²) in [6.45, 7) is 1.86. The molecule has 3 atom stereocenters. The third kappa shape index (κ3) is 3.85. The molecule has 0 spiro atoms. The van der Waals surface area contributed by atoms with E-state index in [0.29, 0.717) is 18.4 Å². The molecule has 1 fully saturated rings. The number of amides is 1. The monoisotopic (exact) mass is 311 g/mol. The summed E-state index contributed by atoms with van der Waals surface area (Å²) >= 11 is 0. The highest BCUT2D eigenvalue weighted by Crippen LogP contribution is 2.38. The molecule has 1 aliphatic heterocycles. The minimum Gasteiger partial charge on any atom is -0.481 e. The Morgan fingerprint density at radius 2 is 2.09 bits per heavy atom. The van der Waals surface area contributed by atoms with E-state index in [9.17, 15) is 19.5 Å². The lowest BCUT2D eigenvalue weighted by Gasteiger charge is -2.38. The number of aliphatic hydroxyl groups excluding tert-OH is 1. The fourth-order valence-corrected chi connectivity index (χ4v) is 3.07. The first-order valence-corrected chi connectivity index (χ1v) is 7.45. The Bertz CT molecular complexity index is 512. The lowest BCUT2D eigenvalue weighted by molar-refractivity contribution is -0.153. The second kappa shape index (κ2) is 6.91. The van der Waals surface area contributed by atoms with Gasteiger partial charge in [0.1, 0.15) is 6.10 Å². The van der Waals surface area contributed by atoms with Gasteiger partial charge in [0, 0.05) is 24.5 Å². The van der Waals surface area contributed by atoms with Crippen LogP contribution in [0.3, 0.4) is 0 Å². The van der Waals surface area contributed by atoms with E-state index in [1.807, 2.05) is 6.92 Å². The van der Waals surface area contributed by atoms with Crippen LogP contribution >= 0.6 is 0 Å². The predicted octanol–water partition coefficient (Wildman–Crippen LogP) is 0.370. The van der Waals surface area contributed by atoms with Gasteiger partial charge in [-0.05, 0) is 19.8 Å². The van der Waals surface area contributed by atoms with E-state index in [1.54, 1.807) is 0 Å². The van der Waals surface area contributed by atoms with Crippen LogP contribution in [0.25, 0.3) is 0 Å². The number of carbonyl (C=O) groups is 3. The van der Waals surface area contributed by atoms with Crippen LogP contribution in [0.5, 0.6) is 0 Å². The third-order valence-electron chi connectivity index (χ3n) is 4.30. The molecule has 2 aliphatic rings. The van der Waals surface area contributed by atoms with Gasteiger partial charge < -0.3 is 20.3 Å². The van der Waals surface area contributed by atoms with E-state index in [1.165, 1.54) is 0 Å². The first-order valence-electron chi connectivity index (χ1n) is 7.45. The van der Waals surface area contributed by atoms with Gasteiger partial charge in [0.05, 0.1) is 18.9 Å². The number of aliphatic hydroxyl groups is 1. The highest BCUT2D eigenvalue weighted by molar-refractivity contribution is 5.96. The largest absolute Gasteiger partial charge is 0.481 e. The first-order chi connectivity index (χ1) is 10.4. The molecule has 2 rings (SSSR count). The molecule has 1 amide bonds. The topological polar surface area (TPSA) is 113 Å². The number of carboxylic acid groups (broad SMARTS) is 1. The van der Waals surface area contributed by atoms with Crippen LogP contribution < -0.4 is 5.32 Å². The zero-order valence-corrected chi connectivity index (χ0v) is 12.5. The normalized spacial score (nSPS) is 27.9. The maximum atomic E-state index is 12.0. The van der Waals surface area contributed by atoms with E-state index in [0.717, 1.165) is 12.0 Å². The Morgan fingerprint density at radius 3 is 2.77 bits per heavy atom. The van der Waals surface area contributed by atoms with Crippen molar-refractivity contribution in [1.29, 1.82) is 0 Å². The quantitative estimate of drug-likeness (QED) is 0.632. The van der Waals surface area contributed by atoms with Crippen LogP contribution in [0.1, 0.15) is 39.0 Å². The van der Waals surface area contributed by atoms with Gasteiger partial charge in [-0.15, -0.1) is 0 Å². The standard InChI is InChI=1S/C15H21NO6/c1-8-10-3-2-9(17)6-12(10)22-15(21)11(8)7-13(18)16-5-4-14(19)20/h9-10,12,17H,2-7H2,1H3,(H,16,18)(H,19,20). The van der Waals surface area contributed by atoms with Crippen molar-refractivity contribution in [3.8, 4) is 0 Å². The lowest BCUT2D eigenvalue weighted by Crippen LogP contribution is -2.41. The Morgan fingerprint density at radius 1 is 1.36 bits per heavy atom. The highest BCUT2D eigenvalue weighted by Gasteiger charge is 2.39. The number of fused-ring (bicyclic) bond motifs is 1. The molecular formula is C15H21NO6. The van der Waals surface area contributed by atoms with Crippen molar-refractivity contribution >= 4 is 17.8 Å². The molecule has 3 N–H and O–H groups in total. The molecule has 1 heterocycles. The number of hydrogen-bond donors (Lipinski definition) is 3. The molecule has 0 radical (unpaired) electrons. The molecule has 22 heavy (non-hydrogen) atoms. The molecule has 0 aromatic heterocycles. The number of aliphatic carboxylic acids is 1. The van der Waals surface area contributed by atoms with Gasteiger partial charge in [0.25, 0.3) is 0 Å². The van der Waals surface area contributed by atoms with Crippen LogP contribution in [0.2, 0.25) is 0 Å². The Labute approximate surface area is 128 Å². The highest BCUT2D eigenvalue weighted by atomic mass is 16.5. The van der Waals surface area contributed by atoms with Crippen LogP contribution in [0.4, 0.5) is 0 Å². The van der Waals surface area contributed by atoms with Crippen molar-refractivity contribution in [1.82, 2.24) is 5.32 Å². The fraction of sp³-hybridized carbons (Fsp3) is 0.667. The minimum atomic E-state index is -0.989. The van der Waals surface area contributed by atoms with Gasteiger partial charge in [0.15, 0.2) is 0 Å². The molecule has 1 saturated carbocycles. The summed E-state index contributed by atoms with van der Waals surface area (Å²) in [6, 6.07) is 0. The Kier molecular flexibility index (Phi) is 5.18. The summed E-state index contributed by atoms with van der Waals surface area (Å²) in [5.74, 6) is -1.83. The number of rotatable bonds is 5. The summed E-state index contributed by atoms with van der Waals surface area (Å²) in [5.41, 5.74) is 1.20. The van der Waals surface area contributed by atoms with Crippen molar-refractivity contribution in [2.24, 2.45) is 5.92 Å². The summed E-state index contributed by atoms with van der Waals surface area (Å²) in [7, 11) is 0. The van der Waals surface area contributed by atoms with Crippen LogP contribution in [-0.4, -0.2) is 46.8 Å². The minimum absolute atomic E-state index is 0.0355. The molecule has 1 aliphatic carbocycles. The fourth-order valence-electron chi connectivity index (χ4n) is 3.07. The molecule has 0 saturated heterocycles. The van der Waals surface area contributed by atoms with Crippen molar-refractivity contribution < 1.29 is 29.3 Å². The van der Waals surface area contributed by atoms with Crippen LogP contribution in [-0.2, 0) is 19.1 Å². The van der Waals surface area contributed by atoms with E-state index in [2.05, 4.69) is 5.32 Å². The lowest BCUT2D eigenvalue weighted by atomic mass is 9.77. The zero-order chi connectivity index (χ0) is 16.3. The molecule has 0 bridgehead atoms. The summed E-state index contributed by atoms with van der Waals surface area (Å²) < 4.78 is 5.36. The van der Waals surface area contributed by atoms with Gasteiger partial charge in [-0.1, -0.05) is 5.57 Å².